The topological polar surface area (TPSA) is 100 Å². The summed E-state index contributed by atoms with van der Waals surface area (Å²) in [6.45, 7) is 1.42. The van der Waals surface area contributed by atoms with Crippen LogP contribution in [-0.4, -0.2) is 55.7 Å². The Labute approximate surface area is 163 Å². The molecule has 0 atom stereocenters. The highest BCUT2D eigenvalue weighted by Crippen LogP contribution is 2.30. The second-order valence-corrected chi connectivity index (χ2v) is 7.99. The molecule has 4 rings (SSSR count). The molecule has 0 aromatic carbocycles. The van der Waals surface area contributed by atoms with E-state index in [9.17, 15) is 9.59 Å². The van der Waals surface area contributed by atoms with Crippen molar-refractivity contribution in [3.63, 3.8) is 0 Å². The van der Waals surface area contributed by atoms with E-state index in [0.717, 1.165) is 42.5 Å². The molecule has 3 heterocycles. The Balaban J connectivity index is 1.31. The Kier molecular flexibility index (Phi) is 5.19. The Morgan fingerprint density at radius 2 is 1.86 bits per heavy atom. The van der Waals surface area contributed by atoms with Crippen molar-refractivity contribution in [2.75, 3.05) is 13.1 Å². The fraction of sp³-hybridized carbons (Fsp3) is 0.600. The van der Waals surface area contributed by atoms with Crippen LogP contribution in [0.15, 0.2) is 18.5 Å². The van der Waals surface area contributed by atoms with Gasteiger partial charge in [0.05, 0.1) is 17.6 Å². The van der Waals surface area contributed by atoms with Crippen LogP contribution in [0.4, 0.5) is 4.79 Å². The molecule has 1 aliphatic carbocycles. The Morgan fingerprint density at radius 3 is 2.50 bits per heavy atom. The van der Waals surface area contributed by atoms with Gasteiger partial charge < -0.3 is 19.9 Å². The van der Waals surface area contributed by atoms with Crippen molar-refractivity contribution in [2.24, 2.45) is 13.0 Å². The van der Waals surface area contributed by atoms with E-state index >= 15 is 0 Å². The number of piperidine rings is 1. The smallest absolute Gasteiger partial charge is 0.317 e. The molecule has 1 saturated carbocycles. The number of hydrogen-bond donors (Lipinski definition) is 2. The van der Waals surface area contributed by atoms with E-state index in [-0.39, 0.29) is 18.0 Å². The number of carbonyl (C=O) groups excluding carboxylic acids is 1. The highest BCUT2D eigenvalue weighted by atomic mass is 16.4. The number of aromatic nitrogens is 3. The van der Waals surface area contributed by atoms with Gasteiger partial charge >= 0.3 is 12.0 Å². The number of likely N-dealkylation sites (tertiary alicyclic amines) is 1. The van der Waals surface area contributed by atoms with Crippen LogP contribution < -0.4 is 5.32 Å². The van der Waals surface area contributed by atoms with Crippen LogP contribution in [0.25, 0.3) is 11.0 Å². The minimum absolute atomic E-state index is 0.0218. The number of aryl methyl sites for hydroxylation is 1. The number of carboxylic acids is 1. The molecular formula is C20H27N5O3. The summed E-state index contributed by atoms with van der Waals surface area (Å²) in [6, 6.07) is 2.05. The maximum atomic E-state index is 12.6. The molecule has 150 valence electrons. The monoisotopic (exact) mass is 385 g/mol. The summed E-state index contributed by atoms with van der Waals surface area (Å²) in [5, 5.41) is 12.2. The summed E-state index contributed by atoms with van der Waals surface area (Å²) >= 11 is 0. The average Bonchev–Trinajstić information content (AvgIpc) is 3.05. The molecule has 0 bridgehead atoms. The molecule has 1 saturated heterocycles. The van der Waals surface area contributed by atoms with Gasteiger partial charge in [-0.3, -0.25) is 9.78 Å². The molecule has 0 unspecified atom stereocenters. The lowest BCUT2D eigenvalue weighted by Gasteiger charge is -2.34. The van der Waals surface area contributed by atoms with Crippen molar-refractivity contribution in [3.05, 3.63) is 24.3 Å². The van der Waals surface area contributed by atoms with Crippen molar-refractivity contribution < 1.29 is 14.7 Å². The van der Waals surface area contributed by atoms with Crippen molar-refractivity contribution in [2.45, 2.75) is 50.5 Å². The second kappa shape index (κ2) is 7.77. The molecule has 2 amide bonds. The zero-order valence-corrected chi connectivity index (χ0v) is 16.2. The summed E-state index contributed by atoms with van der Waals surface area (Å²) in [6.07, 6.45) is 8.13. The number of hydrogen-bond acceptors (Lipinski definition) is 4. The van der Waals surface area contributed by atoms with Crippen LogP contribution >= 0.6 is 0 Å². The van der Waals surface area contributed by atoms with Crippen molar-refractivity contribution in [3.8, 4) is 0 Å². The first-order valence-corrected chi connectivity index (χ1v) is 10.1. The third-order valence-corrected chi connectivity index (χ3v) is 6.27. The average molecular weight is 385 g/mol. The van der Waals surface area contributed by atoms with Crippen LogP contribution in [0, 0.1) is 5.92 Å². The quantitative estimate of drug-likeness (QED) is 0.845. The maximum Gasteiger partial charge on any atom is 0.317 e. The fourth-order valence-corrected chi connectivity index (χ4v) is 4.53. The van der Waals surface area contributed by atoms with Gasteiger partial charge in [-0.15, -0.1) is 0 Å². The summed E-state index contributed by atoms with van der Waals surface area (Å²) in [5.41, 5.74) is 2.00. The highest BCUT2D eigenvalue weighted by Gasteiger charge is 2.30. The molecule has 0 spiro atoms. The number of fused-ring (bicyclic) bond motifs is 1. The fourth-order valence-electron chi connectivity index (χ4n) is 4.53. The Bertz CT molecular complexity index is 864. The maximum absolute atomic E-state index is 12.6. The van der Waals surface area contributed by atoms with Gasteiger partial charge in [0.25, 0.3) is 0 Å². The molecule has 2 fully saturated rings. The predicted molar refractivity (Wildman–Crippen MR) is 104 cm³/mol. The normalized spacial score (nSPS) is 23.7. The number of nitrogens with one attached hydrogen (secondary N) is 1. The molecule has 8 nitrogen and oxygen atoms in total. The first kappa shape index (κ1) is 18.7. The molecule has 1 aliphatic heterocycles. The number of aliphatic carboxylic acids is 1. The van der Waals surface area contributed by atoms with E-state index in [4.69, 9.17) is 10.1 Å². The highest BCUT2D eigenvalue weighted by molar-refractivity contribution is 5.75. The van der Waals surface area contributed by atoms with Gasteiger partial charge in [0.15, 0.2) is 0 Å². The van der Waals surface area contributed by atoms with Crippen molar-refractivity contribution >= 4 is 23.0 Å². The van der Waals surface area contributed by atoms with Crippen LogP contribution in [0.5, 0.6) is 0 Å². The third kappa shape index (κ3) is 3.68. The van der Waals surface area contributed by atoms with Crippen LogP contribution in [0.3, 0.4) is 0 Å². The van der Waals surface area contributed by atoms with Crippen LogP contribution in [-0.2, 0) is 11.8 Å². The molecular weight excluding hydrogens is 358 g/mol. The van der Waals surface area contributed by atoms with E-state index in [1.807, 2.05) is 18.0 Å². The first-order valence-electron chi connectivity index (χ1n) is 10.1. The number of urea groups is 1. The molecule has 2 aromatic rings. The number of pyridine rings is 1. The minimum atomic E-state index is -0.718. The largest absolute Gasteiger partial charge is 0.481 e. The van der Waals surface area contributed by atoms with E-state index in [1.165, 1.54) is 0 Å². The lowest BCUT2D eigenvalue weighted by molar-refractivity contribution is -0.142. The lowest BCUT2D eigenvalue weighted by atomic mass is 9.86. The third-order valence-electron chi connectivity index (χ3n) is 6.27. The number of rotatable bonds is 3. The molecule has 8 heteroatoms. The number of carbonyl (C=O) groups is 2. The van der Waals surface area contributed by atoms with E-state index in [2.05, 4.69) is 14.9 Å². The van der Waals surface area contributed by atoms with Gasteiger partial charge in [-0.05, 0) is 44.6 Å². The standard InChI is InChI=1S/C20H27N5O3/c1-24-17-6-9-21-12-16(17)23-18(24)13-7-10-25(11-8-13)20(28)22-15-4-2-14(3-5-15)19(26)27/h6,9,12-15H,2-5,7-8,10-11H2,1H3,(H,22,28)(H,26,27)/t14-,15-. The van der Waals surface area contributed by atoms with Crippen LogP contribution in [0.1, 0.15) is 50.3 Å². The van der Waals surface area contributed by atoms with E-state index in [1.54, 1.807) is 12.4 Å². The van der Waals surface area contributed by atoms with Gasteiger partial charge in [-0.25, -0.2) is 9.78 Å². The van der Waals surface area contributed by atoms with Crippen molar-refractivity contribution in [1.82, 2.24) is 24.8 Å². The summed E-state index contributed by atoms with van der Waals surface area (Å²) in [7, 11) is 2.04. The van der Waals surface area contributed by atoms with E-state index in [0.29, 0.717) is 31.8 Å². The summed E-state index contributed by atoms with van der Waals surface area (Å²) < 4.78 is 2.14. The van der Waals surface area contributed by atoms with Gasteiger partial charge in [0.2, 0.25) is 0 Å². The summed E-state index contributed by atoms with van der Waals surface area (Å²) in [4.78, 5) is 34.4. The Hall–Kier alpha value is -2.64. The minimum Gasteiger partial charge on any atom is -0.481 e. The van der Waals surface area contributed by atoms with Crippen molar-refractivity contribution in [1.29, 1.82) is 0 Å². The number of carboxylic acid groups (broad SMARTS) is 1. The summed E-state index contributed by atoms with van der Waals surface area (Å²) in [5.74, 6) is 0.430. The first-order chi connectivity index (χ1) is 13.5. The van der Waals surface area contributed by atoms with Gasteiger partial charge in [0.1, 0.15) is 11.3 Å². The lowest BCUT2D eigenvalue weighted by Crippen LogP contribution is -2.48. The van der Waals surface area contributed by atoms with Crippen LogP contribution in [0.2, 0.25) is 0 Å². The van der Waals surface area contributed by atoms with Gasteiger partial charge in [-0.2, -0.15) is 0 Å². The zero-order chi connectivity index (χ0) is 19.7. The number of amides is 2. The zero-order valence-electron chi connectivity index (χ0n) is 16.2. The number of nitrogens with zero attached hydrogens (tertiary/aromatic N) is 4. The Morgan fingerprint density at radius 1 is 1.14 bits per heavy atom. The number of imidazole rings is 1. The molecule has 28 heavy (non-hydrogen) atoms. The van der Waals surface area contributed by atoms with Gasteiger partial charge in [-0.1, -0.05) is 0 Å². The molecule has 0 radical (unpaired) electrons. The predicted octanol–water partition coefficient (Wildman–Crippen LogP) is 2.50. The second-order valence-electron chi connectivity index (χ2n) is 7.99. The van der Waals surface area contributed by atoms with E-state index < -0.39 is 5.97 Å². The SMILES string of the molecule is Cn1c(C2CCN(C(=O)N[C@H]3CC[C@H](C(=O)O)CC3)CC2)nc2cnccc21. The molecule has 2 aromatic heterocycles. The van der Waals surface area contributed by atoms with Gasteiger partial charge in [0, 0.05) is 38.3 Å². The molecule has 2 N–H and O–H groups in total. The molecule has 2 aliphatic rings.